The number of nitrogens with zero attached hydrogens (tertiary/aromatic N) is 1. The van der Waals surface area contributed by atoms with Crippen molar-refractivity contribution in [3.05, 3.63) is 21.9 Å². The fourth-order valence-electron chi connectivity index (χ4n) is 2.16. The van der Waals surface area contributed by atoms with Crippen LogP contribution in [0.3, 0.4) is 0 Å². The van der Waals surface area contributed by atoms with E-state index in [9.17, 15) is 0 Å². The minimum Gasteiger partial charge on any atom is -0.384 e. The average molecular weight is 265 g/mol. The van der Waals surface area contributed by atoms with Crippen molar-refractivity contribution in [1.82, 2.24) is 4.90 Å². The average Bonchev–Trinajstić information content (AvgIpc) is 2.85. The number of ether oxygens (including phenoxy) is 1. The standard InChI is InChI=1S/C14H19NO2S/c1-15(12-6-9-17-10-7-12)11-14-5-4-13(18-14)3-2-8-16/h4-5,12,16H,6-11H2,1H3. The van der Waals surface area contributed by atoms with Crippen molar-refractivity contribution in [1.29, 1.82) is 0 Å². The molecule has 0 saturated carbocycles. The summed E-state index contributed by atoms with van der Waals surface area (Å²) in [6, 6.07) is 4.79. The zero-order valence-electron chi connectivity index (χ0n) is 10.7. The normalized spacial score (nSPS) is 16.6. The van der Waals surface area contributed by atoms with Crippen LogP contribution in [0, 0.1) is 11.8 Å². The molecule has 1 fully saturated rings. The maximum atomic E-state index is 8.66. The van der Waals surface area contributed by atoms with Crippen molar-refractivity contribution in [3.8, 4) is 11.8 Å². The molecule has 4 heteroatoms. The Morgan fingerprint density at radius 1 is 1.44 bits per heavy atom. The van der Waals surface area contributed by atoms with E-state index in [1.54, 1.807) is 11.3 Å². The summed E-state index contributed by atoms with van der Waals surface area (Å²) in [5.74, 6) is 5.63. The number of thiophene rings is 1. The first kappa shape index (κ1) is 13.6. The van der Waals surface area contributed by atoms with Crippen LogP contribution in [0.1, 0.15) is 22.6 Å². The van der Waals surface area contributed by atoms with Crippen LogP contribution in [0.5, 0.6) is 0 Å². The van der Waals surface area contributed by atoms with Gasteiger partial charge in [0, 0.05) is 30.7 Å². The van der Waals surface area contributed by atoms with Gasteiger partial charge in [0.15, 0.2) is 0 Å². The third-order valence-electron chi connectivity index (χ3n) is 3.17. The van der Waals surface area contributed by atoms with Crippen molar-refractivity contribution >= 4 is 11.3 Å². The second-order valence-electron chi connectivity index (χ2n) is 4.48. The third-order valence-corrected chi connectivity index (χ3v) is 4.16. The Bertz CT molecular complexity index is 426. The summed E-state index contributed by atoms with van der Waals surface area (Å²) in [5.41, 5.74) is 0. The summed E-state index contributed by atoms with van der Waals surface area (Å²) in [6.45, 7) is 2.66. The summed E-state index contributed by atoms with van der Waals surface area (Å²) in [5, 5.41) is 8.66. The molecule has 0 amide bonds. The highest BCUT2D eigenvalue weighted by atomic mass is 32.1. The van der Waals surface area contributed by atoms with Crippen LogP contribution in [0.25, 0.3) is 0 Å². The Kier molecular flexibility index (Phi) is 5.21. The molecule has 0 aliphatic carbocycles. The van der Waals surface area contributed by atoms with E-state index in [1.165, 1.54) is 4.88 Å². The number of rotatable bonds is 3. The Morgan fingerprint density at radius 2 is 2.22 bits per heavy atom. The van der Waals surface area contributed by atoms with Gasteiger partial charge in [-0.05, 0) is 32.0 Å². The Labute approximate surface area is 112 Å². The van der Waals surface area contributed by atoms with Gasteiger partial charge in [-0.2, -0.15) is 0 Å². The second kappa shape index (κ2) is 6.91. The smallest absolute Gasteiger partial charge is 0.104 e. The topological polar surface area (TPSA) is 32.7 Å². The fourth-order valence-corrected chi connectivity index (χ4v) is 3.10. The predicted octanol–water partition coefficient (Wildman–Crippen LogP) is 1.70. The van der Waals surface area contributed by atoms with Gasteiger partial charge >= 0.3 is 0 Å². The third kappa shape index (κ3) is 3.82. The number of aliphatic hydroxyl groups excluding tert-OH is 1. The first-order chi connectivity index (χ1) is 8.79. The second-order valence-corrected chi connectivity index (χ2v) is 5.65. The largest absolute Gasteiger partial charge is 0.384 e. The summed E-state index contributed by atoms with van der Waals surface area (Å²) >= 11 is 1.71. The first-order valence-electron chi connectivity index (χ1n) is 6.26. The molecule has 0 aromatic carbocycles. The molecule has 98 valence electrons. The van der Waals surface area contributed by atoms with Gasteiger partial charge in [-0.3, -0.25) is 4.90 Å². The van der Waals surface area contributed by atoms with Gasteiger partial charge in [0.25, 0.3) is 0 Å². The Morgan fingerprint density at radius 3 is 2.94 bits per heavy atom. The van der Waals surface area contributed by atoms with E-state index in [4.69, 9.17) is 9.84 Å². The first-order valence-corrected chi connectivity index (χ1v) is 7.07. The molecule has 1 aliphatic heterocycles. The molecule has 3 nitrogen and oxygen atoms in total. The van der Waals surface area contributed by atoms with Crippen LogP contribution in [-0.4, -0.2) is 42.9 Å². The van der Waals surface area contributed by atoms with E-state index in [0.717, 1.165) is 37.5 Å². The molecule has 2 rings (SSSR count). The molecule has 1 aromatic heterocycles. The maximum Gasteiger partial charge on any atom is 0.104 e. The van der Waals surface area contributed by atoms with Crippen molar-refractivity contribution in [2.75, 3.05) is 26.9 Å². The van der Waals surface area contributed by atoms with Crippen LogP contribution in [0.2, 0.25) is 0 Å². The van der Waals surface area contributed by atoms with Crippen LogP contribution >= 0.6 is 11.3 Å². The van der Waals surface area contributed by atoms with Crippen molar-refractivity contribution in [2.45, 2.75) is 25.4 Å². The van der Waals surface area contributed by atoms with Crippen LogP contribution in [0.15, 0.2) is 12.1 Å². The summed E-state index contributed by atoms with van der Waals surface area (Å²) in [6.07, 6.45) is 2.25. The molecule has 1 saturated heterocycles. The molecule has 0 radical (unpaired) electrons. The zero-order chi connectivity index (χ0) is 12.8. The molecular weight excluding hydrogens is 246 g/mol. The van der Waals surface area contributed by atoms with Gasteiger partial charge in [-0.15, -0.1) is 11.3 Å². The molecule has 1 aromatic rings. The SMILES string of the molecule is CN(Cc1ccc(C#CCO)s1)C1CCOCC1. The van der Waals surface area contributed by atoms with Crippen LogP contribution < -0.4 is 0 Å². The lowest BCUT2D eigenvalue weighted by molar-refractivity contribution is 0.0410. The van der Waals surface area contributed by atoms with Gasteiger partial charge in [0.2, 0.25) is 0 Å². The minimum absolute atomic E-state index is 0.0742. The quantitative estimate of drug-likeness (QED) is 0.844. The van der Waals surface area contributed by atoms with Crippen molar-refractivity contribution < 1.29 is 9.84 Å². The van der Waals surface area contributed by atoms with Gasteiger partial charge in [0.05, 0.1) is 4.88 Å². The molecule has 2 heterocycles. The van der Waals surface area contributed by atoms with Crippen LogP contribution in [0.4, 0.5) is 0 Å². The van der Waals surface area contributed by atoms with Gasteiger partial charge in [-0.1, -0.05) is 11.8 Å². The van der Waals surface area contributed by atoms with E-state index < -0.39 is 0 Å². The van der Waals surface area contributed by atoms with Crippen molar-refractivity contribution in [3.63, 3.8) is 0 Å². The molecule has 0 spiro atoms. The Balaban J connectivity index is 1.90. The summed E-state index contributed by atoms with van der Waals surface area (Å²) in [4.78, 5) is 4.75. The van der Waals surface area contributed by atoms with E-state index in [-0.39, 0.29) is 6.61 Å². The highest BCUT2D eigenvalue weighted by molar-refractivity contribution is 7.12. The monoisotopic (exact) mass is 265 g/mol. The molecule has 1 aliphatic rings. The number of aliphatic hydroxyl groups is 1. The van der Waals surface area contributed by atoms with E-state index >= 15 is 0 Å². The van der Waals surface area contributed by atoms with E-state index in [0.29, 0.717) is 6.04 Å². The van der Waals surface area contributed by atoms with Gasteiger partial charge in [-0.25, -0.2) is 0 Å². The van der Waals surface area contributed by atoms with Gasteiger partial charge in [0.1, 0.15) is 6.61 Å². The lowest BCUT2D eigenvalue weighted by Gasteiger charge is -2.30. The molecule has 1 N–H and O–H groups in total. The lowest BCUT2D eigenvalue weighted by atomic mass is 10.1. The molecule has 0 bridgehead atoms. The molecular formula is C14H19NO2S. The van der Waals surface area contributed by atoms with E-state index in [2.05, 4.69) is 29.9 Å². The minimum atomic E-state index is -0.0742. The van der Waals surface area contributed by atoms with Crippen LogP contribution in [-0.2, 0) is 11.3 Å². The highest BCUT2D eigenvalue weighted by Gasteiger charge is 2.18. The summed E-state index contributed by atoms with van der Waals surface area (Å²) < 4.78 is 5.38. The number of hydrogen-bond donors (Lipinski definition) is 1. The predicted molar refractivity (Wildman–Crippen MR) is 73.6 cm³/mol. The highest BCUT2D eigenvalue weighted by Crippen LogP contribution is 2.20. The number of hydrogen-bond acceptors (Lipinski definition) is 4. The van der Waals surface area contributed by atoms with Gasteiger partial charge < -0.3 is 9.84 Å². The zero-order valence-corrected chi connectivity index (χ0v) is 11.5. The molecule has 18 heavy (non-hydrogen) atoms. The molecule has 0 atom stereocenters. The summed E-state index contributed by atoms with van der Waals surface area (Å²) in [7, 11) is 2.18. The van der Waals surface area contributed by atoms with Crippen molar-refractivity contribution in [2.24, 2.45) is 0 Å². The maximum absolute atomic E-state index is 8.66. The molecule has 0 unspecified atom stereocenters. The fraction of sp³-hybridized carbons (Fsp3) is 0.571. The van der Waals surface area contributed by atoms with E-state index in [1.807, 2.05) is 6.07 Å². The lowest BCUT2D eigenvalue weighted by Crippen LogP contribution is -2.35. The Hall–Kier alpha value is -0.860.